The summed E-state index contributed by atoms with van der Waals surface area (Å²) in [7, 11) is 0. The Balaban J connectivity index is 1.43. The molecule has 3 heteroatoms. The van der Waals surface area contributed by atoms with Gasteiger partial charge in [-0.3, -0.25) is 9.55 Å². The molecule has 0 bridgehead atoms. The van der Waals surface area contributed by atoms with Crippen LogP contribution in [0.4, 0.5) is 0 Å². The number of hydrogen-bond acceptors (Lipinski definition) is 2. The van der Waals surface area contributed by atoms with Crippen LogP contribution in [0.2, 0.25) is 0 Å². The van der Waals surface area contributed by atoms with Crippen molar-refractivity contribution in [3.05, 3.63) is 152 Å². The van der Waals surface area contributed by atoms with Crippen LogP contribution in [0, 0.1) is 0 Å². The molecule has 0 spiro atoms. The van der Waals surface area contributed by atoms with E-state index in [2.05, 4.69) is 150 Å². The smallest absolute Gasteiger partial charge is 0.114 e. The third-order valence-electron chi connectivity index (χ3n) is 8.46. The minimum atomic E-state index is 0.857. The van der Waals surface area contributed by atoms with Gasteiger partial charge >= 0.3 is 0 Å². The van der Waals surface area contributed by atoms with Crippen molar-refractivity contribution in [1.82, 2.24) is 14.5 Å². The van der Waals surface area contributed by atoms with E-state index in [4.69, 9.17) is 4.98 Å². The molecule has 0 amide bonds. The van der Waals surface area contributed by atoms with Crippen molar-refractivity contribution in [3.63, 3.8) is 0 Å². The highest BCUT2D eigenvalue weighted by Gasteiger charge is 2.19. The number of hydrogen-bond donors (Lipinski definition) is 0. The molecule has 204 valence electrons. The molecule has 3 nitrogen and oxygen atoms in total. The normalized spacial score (nSPS) is 11.5. The molecule has 0 saturated heterocycles. The number of pyridine rings is 1. The van der Waals surface area contributed by atoms with Gasteiger partial charge in [0.2, 0.25) is 0 Å². The zero-order chi connectivity index (χ0) is 28.8. The van der Waals surface area contributed by atoms with Crippen molar-refractivity contribution < 1.29 is 0 Å². The molecule has 0 unspecified atom stereocenters. The minimum Gasteiger partial charge on any atom is -0.296 e. The third kappa shape index (κ3) is 4.12. The van der Waals surface area contributed by atoms with Gasteiger partial charge in [-0.2, -0.15) is 0 Å². The summed E-state index contributed by atoms with van der Waals surface area (Å²) in [5, 5.41) is 4.96. The van der Waals surface area contributed by atoms with Crippen LogP contribution < -0.4 is 0 Å². The molecule has 0 saturated carbocycles. The molecule has 0 N–H and O–H groups in total. The van der Waals surface area contributed by atoms with Crippen LogP contribution in [0.3, 0.4) is 0 Å². The first-order valence-electron chi connectivity index (χ1n) is 14.8. The quantitative estimate of drug-likeness (QED) is 0.199. The number of nitrogens with zero attached hydrogens (tertiary/aromatic N) is 3. The first-order valence-corrected chi connectivity index (χ1v) is 14.8. The van der Waals surface area contributed by atoms with Crippen LogP contribution >= 0.6 is 0 Å². The average molecular weight is 552 g/mol. The lowest BCUT2D eigenvalue weighted by molar-refractivity contribution is 0.908. The van der Waals surface area contributed by atoms with Crippen molar-refractivity contribution in [2.24, 2.45) is 0 Å². The molecule has 8 aromatic rings. The van der Waals surface area contributed by atoms with Crippen molar-refractivity contribution >= 4 is 32.6 Å². The van der Waals surface area contributed by atoms with Crippen molar-refractivity contribution in [1.29, 1.82) is 0 Å². The highest BCUT2D eigenvalue weighted by atomic mass is 15.1. The van der Waals surface area contributed by atoms with Gasteiger partial charge in [-0.15, -0.1) is 0 Å². The molecule has 0 fully saturated rings. The van der Waals surface area contributed by atoms with E-state index in [-0.39, 0.29) is 0 Å². The maximum atomic E-state index is 4.95. The maximum Gasteiger partial charge on any atom is 0.114 e. The Morgan fingerprint density at radius 1 is 0.535 bits per heavy atom. The van der Waals surface area contributed by atoms with Crippen LogP contribution in [0.15, 0.2) is 146 Å². The molecule has 2 aromatic heterocycles. The largest absolute Gasteiger partial charge is 0.296 e. The zero-order valence-electron chi connectivity index (χ0n) is 23.9. The van der Waals surface area contributed by atoms with Crippen molar-refractivity contribution in [2.45, 2.75) is 13.3 Å². The van der Waals surface area contributed by atoms with E-state index in [9.17, 15) is 0 Å². The molecule has 8 rings (SSSR count). The van der Waals surface area contributed by atoms with Crippen LogP contribution in [0.1, 0.15) is 12.7 Å². The van der Waals surface area contributed by atoms with Gasteiger partial charge in [0.25, 0.3) is 0 Å². The van der Waals surface area contributed by atoms with Gasteiger partial charge in [0.1, 0.15) is 5.82 Å². The van der Waals surface area contributed by atoms with Gasteiger partial charge in [0, 0.05) is 24.5 Å². The summed E-state index contributed by atoms with van der Waals surface area (Å²) in [5.74, 6) is 1.07. The zero-order valence-corrected chi connectivity index (χ0v) is 23.9. The number of aromatic nitrogens is 3. The molecule has 43 heavy (non-hydrogen) atoms. The lowest BCUT2D eigenvalue weighted by Crippen LogP contribution is -2.00. The Hall–Kier alpha value is -5.54. The fourth-order valence-electron chi connectivity index (χ4n) is 6.62. The average Bonchev–Trinajstić information content (AvgIpc) is 3.46. The Kier molecular flexibility index (Phi) is 6.08. The monoisotopic (exact) mass is 551 g/mol. The van der Waals surface area contributed by atoms with Gasteiger partial charge in [-0.05, 0) is 91.3 Å². The summed E-state index contributed by atoms with van der Waals surface area (Å²) in [4.78, 5) is 9.21. The maximum absolute atomic E-state index is 4.95. The lowest BCUT2D eigenvalue weighted by Gasteiger charge is -2.20. The molecule has 6 aromatic carbocycles. The summed E-state index contributed by atoms with van der Waals surface area (Å²) in [6.07, 6.45) is 4.59. The van der Waals surface area contributed by atoms with E-state index in [1.165, 1.54) is 49.4 Å². The van der Waals surface area contributed by atoms with Gasteiger partial charge in [0.15, 0.2) is 0 Å². The Bertz CT molecular complexity index is 2220. The van der Waals surface area contributed by atoms with E-state index in [1.807, 2.05) is 12.4 Å². The molecule has 0 atom stereocenters. The summed E-state index contributed by atoms with van der Waals surface area (Å²) in [6.45, 7) is 2.17. The van der Waals surface area contributed by atoms with Crippen LogP contribution in [0.25, 0.3) is 71.6 Å². The second-order valence-corrected chi connectivity index (χ2v) is 10.9. The van der Waals surface area contributed by atoms with Crippen LogP contribution in [-0.2, 0) is 6.42 Å². The van der Waals surface area contributed by atoms with Gasteiger partial charge in [-0.1, -0.05) is 104 Å². The molecule has 2 heterocycles. The summed E-state index contributed by atoms with van der Waals surface area (Å²) in [5.41, 5.74) is 10.6. The molecule has 0 aliphatic heterocycles. The van der Waals surface area contributed by atoms with Gasteiger partial charge in [0.05, 0.1) is 11.0 Å². The Morgan fingerprint density at radius 2 is 1.14 bits per heavy atom. The van der Waals surface area contributed by atoms with E-state index in [0.29, 0.717) is 0 Å². The van der Waals surface area contributed by atoms with E-state index >= 15 is 0 Å². The second-order valence-electron chi connectivity index (χ2n) is 10.9. The highest BCUT2D eigenvalue weighted by molar-refractivity contribution is 6.22. The van der Waals surface area contributed by atoms with Gasteiger partial charge in [-0.25, -0.2) is 4.98 Å². The number of fused-ring (bicyclic) bond motifs is 3. The molecular formula is C40H29N3. The van der Waals surface area contributed by atoms with E-state index in [1.54, 1.807) is 0 Å². The fraction of sp³-hybridized carbons (Fsp3) is 0.0500. The summed E-state index contributed by atoms with van der Waals surface area (Å²) < 4.78 is 2.31. The predicted molar refractivity (Wildman–Crippen MR) is 180 cm³/mol. The number of benzene rings is 6. The predicted octanol–water partition coefficient (Wildman–Crippen LogP) is 10.3. The van der Waals surface area contributed by atoms with Crippen LogP contribution in [-0.4, -0.2) is 14.5 Å². The SMILES string of the molecule is CCc1nc2ccccc2n1-c1cccc(-c2c3ccccc3c(-c3ccccc3-c3ccncc3)c3ccccc23)c1. The molecule has 0 radical (unpaired) electrons. The van der Waals surface area contributed by atoms with E-state index in [0.717, 1.165) is 34.5 Å². The topological polar surface area (TPSA) is 30.7 Å². The molecule has 0 aliphatic rings. The standard InChI is InChI=1S/C40H29N3/c1-2-38-42-36-20-9-10-21-37(36)43(38)29-13-11-12-28(26-29)39-32-16-5-7-18-34(32)40(35-19-8-6-17-33(35)39)31-15-4-3-14-30(31)27-22-24-41-25-23-27/h3-26H,2H2,1H3. The van der Waals surface area contributed by atoms with E-state index < -0.39 is 0 Å². The van der Waals surface area contributed by atoms with Crippen LogP contribution in [0.5, 0.6) is 0 Å². The Labute approximate surface area is 250 Å². The number of para-hydroxylation sites is 2. The van der Waals surface area contributed by atoms with Gasteiger partial charge < -0.3 is 0 Å². The minimum absolute atomic E-state index is 0.857. The first kappa shape index (κ1) is 25.2. The number of imidazole rings is 1. The summed E-state index contributed by atoms with van der Waals surface area (Å²) >= 11 is 0. The third-order valence-corrected chi connectivity index (χ3v) is 8.46. The number of aryl methyl sites for hydroxylation is 1. The van der Waals surface area contributed by atoms with Crippen molar-refractivity contribution in [3.8, 4) is 39.1 Å². The highest BCUT2D eigenvalue weighted by Crippen LogP contribution is 2.46. The summed E-state index contributed by atoms with van der Waals surface area (Å²) in [6, 6.07) is 47.9. The molecule has 0 aliphatic carbocycles. The Morgan fingerprint density at radius 3 is 1.84 bits per heavy atom. The van der Waals surface area contributed by atoms with Crippen molar-refractivity contribution in [2.75, 3.05) is 0 Å². The lowest BCUT2D eigenvalue weighted by atomic mass is 9.84. The fourth-order valence-corrected chi connectivity index (χ4v) is 6.62. The second kappa shape index (κ2) is 10.4. The molecular weight excluding hydrogens is 522 g/mol. The number of rotatable bonds is 5. The first-order chi connectivity index (χ1) is 21.3.